The van der Waals surface area contributed by atoms with Gasteiger partial charge in [0.15, 0.2) is 5.13 Å². The lowest BCUT2D eigenvalue weighted by Gasteiger charge is -2.23. The number of fused-ring (bicyclic) bond motifs is 1. The van der Waals surface area contributed by atoms with Crippen LogP contribution in [-0.2, 0) is 17.7 Å². The van der Waals surface area contributed by atoms with Crippen LogP contribution < -0.4 is 15.5 Å². The van der Waals surface area contributed by atoms with Gasteiger partial charge in [-0.3, -0.25) is 5.32 Å². The van der Waals surface area contributed by atoms with Crippen molar-refractivity contribution in [1.29, 1.82) is 0 Å². The number of aliphatic hydroxyl groups excluding tert-OH is 1. The normalized spacial score (nSPS) is 16.1. The van der Waals surface area contributed by atoms with Crippen LogP contribution in [0.2, 0.25) is 0 Å². The lowest BCUT2D eigenvalue weighted by atomic mass is 10.2. The maximum absolute atomic E-state index is 12.3. The van der Waals surface area contributed by atoms with Crippen LogP contribution in [0, 0.1) is 0 Å². The first-order chi connectivity index (χ1) is 14.1. The molecule has 0 spiro atoms. The number of hydrogen-bond donors (Lipinski definition) is 3. The molecule has 0 fully saturated rings. The Morgan fingerprint density at radius 3 is 2.87 bits per heavy atom. The number of carbonyl (C=O) groups is 1. The van der Waals surface area contributed by atoms with E-state index in [1.807, 2.05) is 0 Å². The highest BCUT2D eigenvalue weighted by Crippen LogP contribution is 2.31. The van der Waals surface area contributed by atoms with Crippen molar-refractivity contribution >= 4 is 28.5 Å². The predicted octanol–water partition coefficient (Wildman–Crippen LogP) is 2.23. The van der Waals surface area contributed by atoms with Crippen molar-refractivity contribution in [1.82, 2.24) is 20.4 Å². The van der Waals surface area contributed by atoms with Crippen LogP contribution >= 0.6 is 11.3 Å². The Hall–Kier alpha value is -2.45. The summed E-state index contributed by atoms with van der Waals surface area (Å²) in [6.07, 6.45) is -4.83. The first-order valence-corrected chi connectivity index (χ1v) is 9.90. The molecule has 2 aromatic heterocycles. The van der Waals surface area contributed by atoms with E-state index in [9.17, 15) is 18.0 Å². The van der Waals surface area contributed by atoms with E-state index in [1.165, 1.54) is 18.3 Å². The maximum atomic E-state index is 12.3. The summed E-state index contributed by atoms with van der Waals surface area (Å²) in [6.45, 7) is 2.43. The molecule has 0 aliphatic carbocycles. The van der Waals surface area contributed by atoms with Gasteiger partial charge in [-0.2, -0.15) is 18.2 Å². The molecule has 3 heterocycles. The largest absolute Gasteiger partial charge is 0.411 e. The summed E-state index contributed by atoms with van der Waals surface area (Å²) in [5, 5.41) is 18.3. The molecule has 3 N–H and O–H groups in total. The smallest absolute Gasteiger partial charge is 0.394 e. The number of urea groups is 1. The van der Waals surface area contributed by atoms with E-state index in [0.717, 1.165) is 10.6 Å². The fourth-order valence-electron chi connectivity index (χ4n) is 2.63. The molecular weight excluding hydrogens is 429 g/mol. The van der Waals surface area contributed by atoms with Crippen LogP contribution in [0.4, 0.5) is 29.1 Å². The highest BCUT2D eigenvalue weighted by atomic mass is 32.1. The lowest BCUT2D eigenvalue weighted by Crippen LogP contribution is -2.38. The molecule has 0 bridgehead atoms. The Morgan fingerprint density at radius 1 is 1.40 bits per heavy atom. The van der Waals surface area contributed by atoms with E-state index in [-0.39, 0.29) is 24.5 Å². The number of aromatic nitrogens is 3. The molecular formula is C16H21F3N6O4S. The summed E-state index contributed by atoms with van der Waals surface area (Å²) < 4.78 is 46.8. The Kier molecular flexibility index (Phi) is 6.77. The van der Waals surface area contributed by atoms with Gasteiger partial charge in [0.25, 0.3) is 0 Å². The van der Waals surface area contributed by atoms with Gasteiger partial charge in [-0.15, -0.1) is 0 Å². The van der Waals surface area contributed by atoms with Crippen LogP contribution in [0.5, 0.6) is 0 Å². The topological polar surface area (TPSA) is 126 Å². The van der Waals surface area contributed by atoms with E-state index in [4.69, 9.17) is 14.4 Å². The molecule has 2 amide bonds. The first-order valence-electron chi connectivity index (χ1n) is 9.08. The Balaban J connectivity index is 1.60. The van der Waals surface area contributed by atoms with Crippen molar-refractivity contribution in [2.75, 3.05) is 30.0 Å². The monoisotopic (exact) mass is 450 g/mol. The van der Waals surface area contributed by atoms with Crippen LogP contribution in [0.1, 0.15) is 36.3 Å². The van der Waals surface area contributed by atoms with Gasteiger partial charge in [-0.25, -0.2) is 9.78 Å². The number of halogens is 3. The third-order valence-electron chi connectivity index (χ3n) is 4.17. The number of hydrogen-bond acceptors (Lipinski definition) is 9. The molecule has 14 heteroatoms. The summed E-state index contributed by atoms with van der Waals surface area (Å²) in [6, 6.07) is -0.672. The summed E-state index contributed by atoms with van der Waals surface area (Å²) >= 11 is 1.29. The highest BCUT2D eigenvalue weighted by Gasteiger charge is 2.30. The van der Waals surface area contributed by atoms with Crippen LogP contribution in [0.25, 0.3) is 0 Å². The second-order valence-electron chi connectivity index (χ2n) is 6.75. The van der Waals surface area contributed by atoms with Gasteiger partial charge < -0.3 is 24.6 Å². The van der Waals surface area contributed by atoms with E-state index < -0.39 is 24.9 Å². The second kappa shape index (κ2) is 9.14. The average Bonchev–Trinajstić information content (AvgIpc) is 3.31. The molecule has 1 aliphatic rings. The second-order valence-corrected chi connectivity index (χ2v) is 7.83. The van der Waals surface area contributed by atoms with Crippen molar-refractivity contribution < 1.29 is 32.3 Å². The quantitative estimate of drug-likeness (QED) is 0.586. The minimum absolute atomic E-state index is 0.0291. The molecule has 0 saturated carbocycles. The van der Waals surface area contributed by atoms with Crippen molar-refractivity contribution in [3.05, 3.63) is 16.4 Å². The maximum Gasteiger partial charge on any atom is 0.411 e. The molecule has 166 valence electrons. The summed E-state index contributed by atoms with van der Waals surface area (Å²) in [5.74, 6) is 0.0291. The molecule has 2 atom stereocenters. The number of alkyl halides is 3. The van der Waals surface area contributed by atoms with Crippen molar-refractivity contribution in [3.8, 4) is 0 Å². The minimum atomic E-state index is -4.44. The zero-order valence-corrected chi connectivity index (χ0v) is 17.0. The zero-order valence-electron chi connectivity index (χ0n) is 16.2. The van der Waals surface area contributed by atoms with E-state index in [2.05, 4.69) is 25.8 Å². The molecule has 0 aromatic carbocycles. The number of carbonyl (C=O) groups excluding carboxylic acids is 1. The standard InChI is InChI=1S/C16H21F3N6O4S/c1-8(6-26)20-13(27)23-14-21-10-3-4-25(5-11(10)30-14)15-22-12(24-29-15)9(2)28-7-16(17,18)19/h8-9,26H,3-7H2,1-2H3,(H2,20,21,23,27)/t8-,9?/m1/s1. The van der Waals surface area contributed by atoms with E-state index in [1.54, 1.807) is 11.8 Å². The van der Waals surface area contributed by atoms with E-state index >= 15 is 0 Å². The van der Waals surface area contributed by atoms with Crippen LogP contribution in [0.15, 0.2) is 4.52 Å². The van der Waals surface area contributed by atoms with Gasteiger partial charge in [-0.05, 0) is 13.8 Å². The zero-order chi connectivity index (χ0) is 21.9. The summed E-state index contributed by atoms with van der Waals surface area (Å²) in [7, 11) is 0. The first kappa shape index (κ1) is 22.2. The number of thiazole rings is 1. The Labute approximate surface area is 173 Å². The van der Waals surface area contributed by atoms with Gasteiger partial charge in [0.05, 0.1) is 24.9 Å². The Morgan fingerprint density at radius 2 is 2.17 bits per heavy atom. The fourth-order valence-corrected chi connectivity index (χ4v) is 3.65. The van der Waals surface area contributed by atoms with E-state index in [0.29, 0.717) is 24.6 Å². The van der Waals surface area contributed by atoms with Gasteiger partial charge in [0.1, 0.15) is 12.7 Å². The molecule has 0 radical (unpaired) electrons. The van der Waals surface area contributed by atoms with Crippen molar-refractivity contribution in [3.63, 3.8) is 0 Å². The van der Waals surface area contributed by atoms with Gasteiger partial charge in [0.2, 0.25) is 5.82 Å². The van der Waals surface area contributed by atoms with Crippen molar-refractivity contribution in [2.24, 2.45) is 0 Å². The minimum Gasteiger partial charge on any atom is -0.394 e. The summed E-state index contributed by atoms with van der Waals surface area (Å²) in [4.78, 5) is 23.1. The molecule has 1 unspecified atom stereocenters. The number of amides is 2. The molecule has 10 nitrogen and oxygen atoms in total. The predicted molar refractivity (Wildman–Crippen MR) is 100 cm³/mol. The van der Waals surface area contributed by atoms with Gasteiger partial charge in [-0.1, -0.05) is 16.5 Å². The molecule has 3 rings (SSSR count). The number of rotatable bonds is 7. The lowest BCUT2D eigenvalue weighted by molar-refractivity contribution is -0.185. The number of anilines is 2. The number of nitrogens with zero attached hydrogens (tertiary/aromatic N) is 4. The SMILES string of the molecule is CC(OCC(F)(F)F)c1noc(N2CCc3nc(NC(=O)N[C@H](C)CO)sc3C2)n1. The van der Waals surface area contributed by atoms with Crippen LogP contribution in [0.3, 0.4) is 0 Å². The van der Waals surface area contributed by atoms with Gasteiger partial charge >= 0.3 is 18.2 Å². The van der Waals surface area contributed by atoms with Crippen LogP contribution in [-0.4, -0.2) is 58.2 Å². The third kappa shape index (κ3) is 5.79. The fraction of sp³-hybridized carbons (Fsp3) is 0.625. The van der Waals surface area contributed by atoms with Gasteiger partial charge in [0, 0.05) is 17.8 Å². The number of ether oxygens (including phenoxy) is 1. The highest BCUT2D eigenvalue weighted by molar-refractivity contribution is 7.15. The molecule has 30 heavy (non-hydrogen) atoms. The Bertz CT molecular complexity index is 874. The number of aliphatic hydroxyl groups is 1. The molecule has 2 aromatic rings. The summed E-state index contributed by atoms with van der Waals surface area (Å²) in [5.41, 5.74) is 0.836. The molecule has 1 aliphatic heterocycles. The number of nitrogens with one attached hydrogen (secondary N) is 2. The van der Waals surface area contributed by atoms with Crippen molar-refractivity contribution in [2.45, 2.75) is 45.1 Å². The average molecular weight is 450 g/mol. The molecule has 0 saturated heterocycles. The third-order valence-corrected chi connectivity index (χ3v) is 5.16.